The highest BCUT2D eigenvalue weighted by atomic mass is 19.4. The van der Waals surface area contributed by atoms with Gasteiger partial charge in [0.1, 0.15) is 6.29 Å². The van der Waals surface area contributed by atoms with Gasteiger partial charge >= 0.3 is 6.18 Å². The zero-order valence-corrected chi connectivity index (χ0v) is 16.6. The number of carbonyl (C=O) groups excluding carboxylic acids is 2. The summed E-state index contributed by atoms with van der Waals surface area (Å²) in [6.07, 6.45) is -2.66. The van der Waals surface area contributed by atoms with Gasteiger partial charge in [0.25, 0.3) is 0 Å². The molecule has 29 heavy (non-hydrogen) atoms. The first kappa shape index (κ1) is 21.6. The number of rotatable bonds is 5. The highest BCUT2D eigenvalue weighted by Gasteiger charge is 2.36. The van der Waals surface area contributed by atoms with Gasteiger partial charge in [-0.25, -0.2) is 0 Å². The molecule has 2 heterocycles. The van der Waals surface area contributed by atoms with Crippen molar-refractivity contribution in [3.63, 3.8) is 0 Å². The van der Waals surface area contributed by atoms with Gasteiger partial charge in [-0.2, -0.15) is 13.2 Å². The maximum atomic E-state index is 12.9. The van der Waals surface area contributed by atoms with Crippen molar-refractivity contribution in [1.29, 1.82) is 0 Å². The molecule has 1 aromatic carbocycles. The zero-order valence-electron chi connectivity index (χ0n) is 16.6. The van der Waals surface area contributed by atoms with E-state index in [4.69, 9.17) is 0 Å². The molecule has 2 aliphatic heterocycles. The Morgan fingerprint density at radius 2 is 1.79 bits per heavy atom. The lowest BCUT2D eigenvalue weighted by molar-refractivity contribution is -0.137. The maximum absolute atomic E-state index is 12.9. The van der Waals surface area contributed by atoms with Crippen molar-refractivity contribution in [3.8, 4) is 0 Å². The van der Waals surface area contributed by atoms with Crippen LogP contribution in [0.5, 0.6) is 0 Å². The molecular weight excluding hydrogens is 385 g/mol. The summed E-state index contributed by atoms with van der Waals surface area (Å²) in [5.74, 6) is -0.568. The molecule has 0 aromatic heterocycles. The minimum Gasteiger partial charge on any atom is -0.348 e. The van der Waals surface area contributed by atoms with Crippen molar-refractivity contribution < 1.29 is 22.8 Å². The van der Waals surface area contributed by atoms with E-state index < -0.39 is 23.8 Å². The van der Waals surface area contributed by atoms with Gasteiger partial charge in [-0.3, -0.25) is 19.8 Å². The number of likely N-dealkylation sites (tertiary alicyclic amines) is 1. The second-order valence-electron chi connectivity index (χ2n) is 7.99. The first-order valence-electron chi connectivity index (χ1n) is 9.92. The number of nitrogens with zero attached hydrogens (tertiary/aromatic N) is 1. The third-order valence-corrected chi connectivity index (χ3v) is 5.43. The van der Waals surface area contributed by atoms with Gasteiger partial charge in [-0.15, -0.1) is 0 Å². The number of halogens is 3. The Morgan fingerprint density at radius 1 is 1.17 bits per heavy atom. The summed E-state index contributed by atoms with van der Waals surface area (Å²) >= 11 is 0. The smallest absolute Gasteiger partial charge is 0.348 e. The third-order valence-electron chi connectivity index (χ3n) is 5.43. The first-order chi connectivity index (χ1) is 13.6. The highest BCUT2D eigenvalue weighted by molar-refractivity contribution is 5.89. The van der Waals surface area contributed by atoms with Gasteiger partial charge in [-0.1, -0.05) is 26.0 Å². The van der Waals surface area contributed by atoms with E-state index in [0.717, 1.165) is 38.1 Å². The molecular formula is C20H27F3N4O2. The first-order valence-corrected chi connectivity index (χ1v) is 9.92. The zero-order chi connectivity index (χ0) is 21.2. The lowest BCUT2D eigenvalue weighted by atomic mass is 9.94. The van der Waals surface area contributed by atoms with E-state index in [9.17, 15) is 22.8 Å². The molecule has 3 atom stereocenters. The van der Waals surface area contributed by atoms with E-state index in [1.807, 2.05) is 13.8 Å². The topological polar surface area (TPSA) is 73.5 Å². The molecule has 0 spiro atoms. The number of nitrogens with one attached hydrogen (secondary N) is 3. The van der Waals surface area contributed by atoms with E-state index >= 15 is 0 Å². The molecule has 0 saturated carbocycles. The van der Waals surface area contributed by atoms with Crippen LogP contribution in [0.3, 0.4) is 0 Å². The lowest BCUT2D eigenvalue weighted by Gasteiger charge is -2.37. The van der Waals surface area contributed by atoms with E-state index in [-0.39, 0.29) is 30.4 Å². The molecule has 2 unspecified atom stereocenters. The molecule has 2 aliphatic rings. The van der Waals surface area contributed by atoms with Crippen LogP contribution in [0.2, 0.25) is 0 Å². The van der Waals surface area contributed by atoms with Crippen LogP contribution in [0.4, 0.5) is 13.2 Å². The molecule has 0 bridgehead atoms. The largest absolute Gasteiger partial charge is 0.416 e. The Hall–Kier alpha value is -2.13. The Bertz CT molecular complexity index is 730. The number of alkyl halides is 3. The van der Waals surface area contributed by atoms with Crippen LogP contribution >= 0.6 is 0 Å². The summed E-state index contributed by atoms with van der Waals surface area (Å²) in [5, 5.41) is 8.96. The van der Waals surface area contributed by atoms with Gasteiger partial charge in [-0.05, 0) is 36.5 Å². The summed E-state index contributed by atoms with van der Waals surface area (Å²) in [4.78, 5) is 27.1. The Morgan fingerprint density at radius 3 is 2.34 bits per heavy atom. The van der Waals surface area contributed by atoms with Crippen LogP contribution in [-0.2, 0) is 15.8 Å². The number of carbonyl (C=O) groups is 2. The Balaban J connectivity index is 1.69. The number of hydrogen-bond acceptors (Lipinski definition) is 4. The van der Waals surface area contributed by atoms with Crippen molar-refractivity contribution >= 4 is 11.8 Å². The minimum absolute atomic E-state index is 0.0218. The second kappa shape index (κ2) is 8.71. The van der Waals surface area contributed by atoms with Crippen molar-refractivity contribution in [1.82, 2.24) is 20.9 Å². The summed E-state index contributed by atoms with van der Waals surface area (Å²) < 4.78 is 38.4. The van der Waals surface area contributed by atoms with Gasteiger partial charge in [0.2, 0.25) is 11.8 Å². The molecule has 0 radical (unpaired) electrons. The third kappa shape index (κ3) is 5.27. The summed E-state index contributed by atoms with van der Waals surface area (Å²) in [6, 6.07) is 3.68. The van der Waals surface area contributed by atoms with Crippen LogP contribution in [0.25, 0.3) is 0 Å². The average Bonchev–Trinajstić information content (AvgIpc) is 3.19. The minimum atomic E-state index is -4.40. The molecule has 2 fully saturated rings. The van der Waals surface area contributed by atoms with Crippen molar-refractivity contribution in [2.45, 2.75) is 57.7 Å². The number of benzene rings is 1. The van der Waals surface area contributed by atoms with E-state index in [1.54, 1.807) is 0 Å². The molecule has 160 valence electrons. The molecule has 0 aliphatic carbocycles. The number of amides is 2. The predicted octanol–water partition coefficient (Wildman–Crippen LogP) is 2.38. The van der Waals surface area contributed by atoms with Crippen molar-refractivity contribution in [2.24, 2.45) is 5.92 Å². The average molecular weight is 412 g/mol. The van der Waals surface area contributed by atoms with Gasteiger partial charge in [0.05, 0.1) is 24.1 Å². The van der Waals surface area contributed by atoms with E-state index in [0.29, 0.717) is 5.56 Å². The maximum Gasteiger partial charge on any atom is 0.416 e. The molecule has 1 aromatic rings. The fraction of sp³-hybridized carbons (Fsp3) is 0.600. The Kier molecular flexibility index (Phi) is 6.48. The summed E-state index contributed by atoms with van der Waals surface area (Å²) in [5.41, 5.74) is -0.133. The van der Waals surface area contributed by atoms with Crippen LogP contribution in [0.1, 0.15) is 50.3 Å². The molecule has 2 saturated heterocycles. The van der Waals surface area contributed by atoms with E-state index in [2.05, 4.69) is 20.9 Å². The standard InChI is InChI=1S/C20H27F3N4O2/c1-12(2)17(13-5-7-14(8-6-13)20(21,22)23)26-18(29)15-11-16(28)25-19(24-15)27-9-3-4-10-27/h5-8,12,15,17,19,24H,3-4,9-11H2,1-2H3,(H,25,28)(H,26,29)/t15?,17-,19?/m1/s1. The molecule has 6 nitrogen and oxygen atoms in total. The van der Waals surface area contributed by atoms with Crippen LogP contribution in [0.15, 0.2) is 24.3 Å². The molecule has 3 rings (SSSR count). The van der Waals surface area contributed by atoms with Gasteiger partial charge in [0, 0.05) is 13.1 Å². The van der Waals surface area contributed by atoms with Crippen LogP contribution < -0.4 is 16.0 Å². The summed E-state index contributed by atoms with van der Waals surface area (Å²) in [7, 11) is 0. The predicted molar refractivity (Wildman–Crippen MR) is 101 cm³/mol. The molecule has 2 amide bonds. The SMILES string of the molecule is CC(C)[C@@H](NC(=O)C1CC(=O)NC(N2CCCC2)N1)c1ccc(C(F)(F)F)cc1. The number of hydrogen-bond donors (Lipinski definition) is 3. The highest BCUT2D eigenvalue weighted by Crippen LogP contribution is 2.31. The lowest BCUT2D eigenvalue weighted by Crippen LogP contribution is -2.66. The van der Waals surface area contributed by atoms with Crippen molar-refractivity contribution in [2.75, 3.05) is 13.1 Å². The Labute approximate surface area is 168 Å². The molecule has 3 N–H and O–H groups in total. The molecule has 9 heteroatoms. The fourth-order valence-electron chi connectivity index (χ4n) is 3.82. The quantitative estimate of drug-likeness (QED) is 0.694. The normalized spacial score (nSPS) is 24.4. The van der Waals surface area contributed by atoms with Gasteiger partial charge < -0.3 is 10.6 Å². The summed E-state index contributed by atoms with van der Waals surface area (Å²) in [6.45, 7) is 5.48. The van der Waals surface area contributed by atoms with Crippen LogP contribution in [0, 0.1) is 5.92 Å². The second-order valence-corrected chi connectivity index (χ2v) is 7.99. The van der Waals surface area contributed by atoms with Crippen LogP contribution in [-0.4, -0.2) is 42.1 Å². The monoisotopic (exact) mass is 412 g/mol. The van der Waals surface area contributed by atoms with E-state index in [1.165, 1.54) is 12.1 Å². The van der Waals surface area contributed by atoms with Gasteiger partial charge in [0.15, 0.2) is 0 Å². The van der Waals surface area contributed by atoms with Crippen molar-refractivity contribution in [3.05, 3.63) is 35.4 Å². The fourth-order valence-corrected chi connectivity index (χ4v) is 3.82.